The van der Waals surface area contributed by atoms with Gasteiger partial charge in [0.05, 0.1) is 6.10 Å². The van der Waals surface area contributed by atoms with Crippen molar-refractivity contribution in [3.05, 3.63) is 0 Å². The number of hydrogen-bond acceptors (Lipinski definition) is 4. The van der Waals surface area contributed by atoms with E-state index in [2.05, 4.69) is 10.2 Å². The van der Waals surface area contributed by atoms with E-state index >= 15 is 0 Å². The van der Waals surface area contributed by atoms with Crippen LogP contribution < -0.4 is 5.32 Å². The minimum atomic E-state index is 0.0345. The molecule has 0 aromatic heterocycles. The van der Waals surface area contributed by atoms with Gasteiger partial charge in [0.2, 0.25) is 11.8 Å². The number of ether oxygens (including phenoxy) is 1. The smallest absolute Gasteiger partial charge is 0.223 e. The molecule has 24 heavy (non-hydrogen) atoms. The molecule has 6 heteroatoms. The SMILES string of the molecule is O=C(CCC(=O)N1CCN(CC2CCCO2)CC1)NC1CCCC1. The van der Waals surface area contributed by atoms with Gasteiger partial charge in [0.15, 0.2) is 0 Å². The Labute approximate surface area is 144 Å². The Bertz CT molecular complexity index is 423. The van der Waals surface area contributed by atoms with Crippen LogP contribution in [0.4, 0.5) is 0 Å². The van der Waals surface area contributed by atoms with Gasteiger partial charge in [-0.15, -0.1) is 0 Å². The molecule has 1 saturated carbocycles. The summed E-state index contributed by atoms with van der Waals surface area (Å²) >= 11 is 0. The molecule has 2 saturated heterocycles. The first-order valence-corrected chi connectivity index (χ1v) is 9.62. The molecule has 0 bridgehead atoms. The summed E-state index contributed by atoms with van der Waals surface area (Å²) in [5.74, 6) is 0.153. The minimum absolute atomic E-state index is 0.0345. The second-order valence-corrected chi connectivity index (χ2v) is 7.37. The first kappa shape index (κ1) is 17.7. The van der Waals surface area contributed by atoms with Crippen LogP contribution in [0.1, 0.15) is 51.4 Å². The number of nitrogens with zero attached hydrogens (tertiary/aromatic N) is 2. The maximum absolute atomic E-state index is 12.3. The van der Waals surface area contributed by atoms with E-state index in [1.165, 1.54) is 19.3 Å². The van der Waals surface area contributed by atoms with Crippen LogP contribution in [-0.2, 0) is 14.3 Å². The van der Waals surface area contributed by atoms with E-state index in [1.54, 1.807) is 0 Å². The predicted molar refractivity (Wildman–Crippen MR) is 91.6 cm³/mol. The molecule has 0 radical (unpaired) electrons. The van der Waals surface area contributed by atoms with Gasteiger partial charge in [0.25, 0.3) is 0 Å². The number of carbonyl (C=O) groups excluding carboxylic acids is 2. The van der Waals surface area contributed by atoms with Crippen LogP contribution in [0.25, 0.3) is 0 Å². The van der Waals surface area contributed by atoms with Crippen LogP contribution in [-0.4, -0.2) is 73.1 Å². The number of amides is 2. The van der Waals surface area contributed by atoms with Gasteiger partial charge in [0, 0.05) is 58.2 Å². The molecule has 6 nitrogen and oxygen atoms in total. The molecule has 1 aliphatic carbocycles. The lowest BCUT2D eigenvalue weighted by atomic mass is 10.2. The van der Waals surface area contributed by atoms with Gasteiger partial charge in [-0.1, -0.05) is 12.8 Å². The van der Waals surface area contributed by atoms with E-state index in [0.717, 1.165) is 58.6 Å². The fraction of sp³-hybridized carbons (Fsp3) is 0.889. The van der Waals surface area contributed by atoms with Gasteiger partial charge in [0.1, 0.15) is 0 Å². The third-order valence-electron chi connectivity index (χ3n) is 5.50. The van der Waals surface area contributed by atoms with Gasteiger partial charge in [-0.05, 0) is 25.7 Å². The molecule has 1 unspecified atom stereocenters. The molecule has 2 amide bonds. The second kappa shape index (κ2) is 8.81. The average molecular weight is 337 g/mol. The molecule has 0 aromatic rings. The highest BCUT2D eigenvalue weighted by Crippen LogP contribution is 2.18. The molecule has 3 rings (SSSR count). The monoisotopic (exact) mass is 337 g/mol. The lowest BCUT2D eigenvalue weighted by molar-refractivity contribution is -0.135. The molecule has 0 spiro atoms. The van der Waals surface area contributed by atoms with Gasteiger partial charge in [-0.25, -0.2) is 0 Å². The standard InChI is InChI=1S/C18H31N3O3/c22-17(19-15-4-1-2-5-15)7-8-18(23)21-11-9-20(10-12-21)14-16-6-3-13-24-16/h15-16H,1-14H2,(H,19,22). The molecular weight excluding hydrogens is 306 g/mol. The summed E-state index contributed by atoms with van der Waals surface area (Å²) in [6, 6.07) is 0.342. The topological polar surface area (TPSA) is 61.9 Å². The van der Waals surface area contributed by atoms with Crippen molar-refractivity contribution in [3.8, 4) is 0 Å². The first-order chi connectivity index (χ1) is 11.7. The number of piperazine rings is 1. The molecule has 0 aromatic carbocycles. The highest BCUT2D eigenvalue weighted by molar-refractivity contribution is 5.84. The zero-order chi connectivity index (χ0) is 16.8. The van der Waals surface area contributed by atoms with E-state index in [9.17, 15) is 9.59 Å². The Balaban J connectivity index is 1.30. The van der Waals surface area contributed by atoms with E-state index in [-0.39, 0.29) is 11.8 Å². The predicted octanol–water partition coefficient (Wildman–Crippen LogP) is 1.15. The highest BCUT2D eigenvalue weighted by Gasteiger charge is 2.25. The summed E-state index contributed by atoms with van der Waals surface area (Å²) < 4.78 is 5.68. The normalized spacial score (nSPS) is 26.0. The average Bonchev–Trinajstić information content (AvgIpc) is 3.27. The van der Waals surface area contributed by atoms with E-state index < -0.39 is 0 Å². The lowest BCUT2D eigenvalue weighted by Gasteiger charge is -2.35. The van der Waals surface area contributed by atoms with E-state index in [4.69, 9.17) is 4.74 Å². The van der Waals surface area contributed by atoms with Gasteiger partial charge >= 0.3 is 0 Å². The molecule has 1 N–H and O–H groups in total. The quantitative estimate of drug-likeness (QED) is 0.790. The Morgan fingerprint density at radius 1 is 0.958 bits per heavy atom. The Morgan fingerprint density at radius 3 is 2.38 bits per heavy atom. The van der Waals surface area contributed by atoms with Crippen molar-refractivity contribution in [2.75, 3.05) is 39.3 Å². The maximum atomic E-state index is 12.3. The van der Waals surface area contributed by atoms with Crippen molar-refractivity contribution >= 4 is 11.8 Å². The Kier molecular flexibility index (Phi) is 6.49. The zero-order valence-corrected chi connectivity index (χ0v) is 14.7. The van der Waals surface area contributed by atoms with Crippen LogP contribution in [0.5, 0.6) is 0 Å². The number of nitrogens with one attached hydrogen (secondary N) is 1. The van der Waals surface area contributed by atoms with Gasteiger partial charge < -0.3 is 15.0 Å². The van der Waals surface area contributed by atoms with E-state index in [0.29, 0.717) is 25.0 Å². The highest BCUT2D eigenvalue weighted by atomic mass is 16.5. The number of rotatable bonds is 6. The summed E-state index contributed by atoms with van der Waals surface area (Å²) in [7, 11) is 0. The van der Waals surface area contributed by atoms with Gasteiger partial charge in [-0.2, -0.15) is 0 Å². The summed E-state index contributed by atoms with van der Waals surface area (Å²) in [6.45, 7) is 5.27. The van der Waals surface area contributed by atoms with Crippen molar-refractivity contribution < 1.29 is 14.3 Å². The van der Waals surface area contributed by atoms with E-state index in [1.807, 2.05) is 4.90 Å². The molecule has 136 valence electrons. The fourth-order valence-corrected chi connectivity index (χ4v) is 4.00. The molecule has 2 aliphatic heterocycles. The second-order valence-electron chi connectivity index (χ2n) is 7.37. The van der Waals surface area contributed by atoms with Gasteiger partial charge in [-0.3, -0.25) is 14.5 Å². The van der Waals surface area contributed by atoms with Crippen LogP contribution >= 0.6 is 0 Å². The van der Waals surface area contributed by atoms with Crippen LogP contribution in [0.15, 0.2) is 0 Å². The maximum Gasteiger partial charge on any atom is 0.223 e. The fourth-order valence-electron chi connectivity index (χ4n) is 4.00. The molecular formula is C18H31N3O3. The van der Waals surface area contributed by atoms with Crippen LogP contribution in [0, 0.1) is 0 Å². The van der Waals surface area contributed by atoms with Crippen molar-refractivity contribution in [1.82, 2.24) is 15.1 Å². The van der Waals surface area contributed by atoms with Crippen molar-refractivity contribution in [2.24, 2.45) is 0 Å². The molecule has 3 aliphatic rings. The zero-order valence-electron chi connectivity index (χ0n) is 14.7. The third-order valence-corrected chi connectivity index (χ3v) is 5.50. The molecule has 3 fully saturated rings. The third kappa shape index (κ3) is 5.18. The minimum Gasteiger partial charge on any atom is -0.377 e. The Hall–Kier alpha value is -1.14. The number of carbonyl (C=O) groups is 2. The summed E-state index contributed by atoms with van der Waals surface area (Å²) in [5, 5.41) is 3.05. The van der Waals surface area contributed by atoms with Crippen molar-refractivity contribution in [1.29, 1.82) is 0 Å². The summed E-state index contributed by atoms with van der Waals surface area (Å²) in [5.41, 5.74) is 0. The largest absolute Gasteiger partial charge is 0.377 e. The lowest BCUT2D eigenvalue weighted by Crippen LogP contribution is -2.50. The first-order valence-electron chi connectivity index (χ1n) is 9.62. The van der Waals surface area contributed by atoms with Crippen LogP contribution in [0.2, 0.25) is 0 Å². The van der Waals surface area contributed by atoms with Crippen LogP contribution in [0.3, 0.4) is 0 Å². The van der Waals surface area contributed by atoms with Crippen molar-refractivity contribution in [2.45, 2.75) is 63.5 Å². The Morgan fingerprint density at radius 2 is 1.71 bits per heavy atom. The number of hydrogen-bond donors (Lipinski definition) is 1. The molecule has 2 heterocycles. The molecule has 1 atom stereocenters. The summed E-state index contributed by atoms with van der Waals surface area (Å²) in [6.07, 6.45) is 7.97. The summed E-state index contributed by atoms with van der Waals surface area (Å²) in [4.78, 5) is 28.5. The van der Waals surface area contributed by atoms with Crippen molar-refractivity contribution in [3.63, 3.8) is 0 Å².